The fraction of sp³-hybridized carbons (Fsp3) is 0.333. The second-order valence-corrected chi connectivity index (χ2v) is 5.78. The van der Waals surface area contributed by atoms with Gasteiger partial charge in [-0.05, 0) is 32.0 Å². The second kappa shape index (κ2) is 5.39. The van der Waals surface area contributed by atoms with Gasteiger partial charge in [-0.1, -0.05) is 34.1 Å². The van der Waals surface area contributed by atoms with Gasteiger partial charge in [0.25, 0.3) is 0 Å². The van der Waals surface area contributed by atoms with Crippen LogP contribution in [0.3, 0.4) is 0 Å². The van der Waals surface area contributed by atoms with E-state index in [-0.39, 0.29) is 0 Å². The number of nitrogens with one attached hydrogen (secondary N) is 1. The molecule has 0 saturated carbocycles. The van der Waals surface area contributed by atoms with Gasteiger partial charge < -0.3 is 5.32 Å². The first-order valence-corrected chi connectivity index (χ1v) is 7.34. The second-order valence-electron chi connectivity index (χ2n) is 4.92. The molecule has 1 fully saturated rings. The highest BCUT2D eigenvalue weighted by Crippen LogP contribution is 2.28. The normalized spacial score (nSPS) is 18.7. The van der Waals surface area contributed by atoms with Crippen molar-refractivity contribution in [3.8, 4) is 11.3 Å². The first kappa shape index (κ1) is 12.8. The third-order valence-corrected chi connectivity index (χ3v) is 4.14. The maximum Gasteiger partial charge on any atom is 0.133 e. The van der Waals surface area contributed by atoms with Crippen LogP contribution in [-0.4, -0.2) is 23.1 Å². The summed E-state index contributed by atoms with van der Waals surface area (Å²) in [6, 6.07) is 10.2. The molecule has 1 aromatic heterocycles. The molecule has 1 aromatic carbocycles. The van der Waals surface area contributed by atoms with E-state index in [1.165, 1.54) is 0 Å². The molecule has 1 N–H and O–H groups in total. The minimum atomic E-state index is 0.445. The molecular formula is C15H16BrN3. The van der Waals surface area contributed by atoms with Crippen molar-refractivity contribution in [1.29, 1.82) is 0 Å². The van der Waals surface area contributed by atoms with Crippen molar-refractivity contribution in [2.24, 2.45) is 0 Å². The van der Waals surface area contributed by atoms with Gasteiger partial charge in [-0.3, -0.25) is 0 Å². The first-order valence-electron chi connectivity index (χ1n) is 6.55. The molecule has 19 heavy (non-hydrogen) atoms. The van der Waals surface area contributed by atoms with Crippen molar-refractivity contribution in [2.45, 2.75) is 19.3 Å². The fourth-order valence-corrected chi connectivity index (χ4v) is 2.94. The Morgan fingerprint density at radius 1 is 1.26 bits per heavy atom. The Morgan fingerprint density at radius 3 is 2.84 bits per heavy atom. The van der Waals surface area contributed by atoms with Gasteiger partial charge >= 0.3 is 0 Å². The standard InChI is InChI=1S/C15H16BrN3/c1-10-8-14(12-4-2-3-5-13(12)16)19-15(18-10)11-6-7-17-9-11/h2-5,8,11,17H,6-7,9H2,1H3. The maximum atomic E-state index is 4.77. The van der Waals surface area contributed by atoms with Crippen LogP contribution >= 0.6 is 15.9 Å². The maximum absolute atomic E-state index is 4.77. The quantitative estimate of drug-likeness (QED) is 0.923. The minimum Gasteiger partial charge on any atom is -0.316 e. The van der Waals surface area contributed by atoms with E-state index in [2.05, 4.69) is 32.3 Å². The van der Waals surface area contributed by atoms with Crippen molar-refractivity contribution in [3.05, 3.63) is 46.3 Å². The van der Waals surface area contributed by atoms with Crippen LogP contribution < -0.4 is 5.32 Å². The van der Waals surface area contributed by atoms with Gasteiger partial charge in [0.1, 0.15) is 5.82 Å². The van der Waals surface area contributed by atoms with Gasteiger partial charge in [-0.2, -0.15) is 0 Å². The van der Waals surface area contributed by atoms with Gasteiger partial charge in [0.15, 0.2) is 0 Å². The highest BCUT2D eigenvalue weighted by Gasteiger charge is 2.20. The van der Waals surface area contributed by atoms with E-state index in [0.29, 0.717) is 5.92 Å². The van der Waals surface area contributed by atoms with E-state index in [0.717, 1.165) is 46.8 Å². The van der Waals surface area contributed by atoms with Crippen LogP contribution in [0.25, 0.3) is 11.3 Å². The van der Waals surface area contributed by atoms with Crippen LogP contribution in [0.1, 0.15) is 23.9 Å². The molecule has 3 nitrogen and oxygen atoms in total. The predicted octanol–water partition coefficient (Wildman–Crippen LogP) is 3.29. The van der Waals surface area contributed by atoms with E-state index < -0.39 is 0 Å². The number of hydrogen-bond donors (Lipinski definition) is 1. The summed E-state index contributed by atoms with van der Waals surface area (Å²) in [7, 11) is 0. The first-order chi connectivity index (χ1) is 9.24. The van der Waals surface area contributed by atoms with Crippen molar-refractivity contribution >= 4 is 15.9 Å². The average molecular weight is 318 g/mol. The van der Waals surface area contributed by atoms with E-state index in [1.807, 2.05) is 31.2 Å². The lowest BCUT2D eigenvalue weighted by atomic mass is 10.1. The number of nitrogens with zero attached hydrogens (tertiary/aromatic N) is 2. The fourth-order valence-electron chi connectivity index (χ4n) is 2.46. The molecule has 3 rings (SSSR count). The Bertz CT molecular complexity index is 592. The Kier molecular flexibility index (Phi) is 3.62. The summed E-state index contributed by atoms with van der Waals surface area (Å²) in [5.41, 5.74) is 3.16. The molecule has 1 unspecified atom stereocenters. The molecule has 2 aromatic rings. The van der Waals surface area contributed by atoms with Crippen LogP contribution in [-0.2, 0) is 0 Å². The number of hydrogen-bond acceptors (Lipinski definition) is 3. The molecule has 1 aliphatic rings. The molecule has 1 aliphatic heterocycles. The Labute approximate surface area is 121 Å². The number of aryl methyl sites for hydroxylation is 1. The zero-order valence-corrected chi connectivity index (χ0v) is 12.4. The predicted molar refractivity (Wildman–Crippen MR) is 80.1 cm³/mol. The van der Waals surface area contributed by atoms with E-state index >= 15 is 0 Å². The molecule has 1 saturated heterocycles. The van der Waals surface area contributed by atoms with Gasteiger partial charge in [-0.15, -0.1) is 0 Å². The molecule has 0 aliphatic carbocycles. The third kappa shape index (κ3) is 2.69. The van der Waals surface area contributed by atoms with E-state index in [9.17, 15) is 0 Å². The molecule has 0 radical (unpaired) electrons. The lowest BCUT2D eigenvalue weighted by Crippen LogP contribution is -2.11. The molecule has 4 heteroatoms. The molecule has 1 atom stereocenters. The smallest absolute Gasteiger partial charge is 0.133 e. The highest BCUT2D eigenvalue weighted by molar-refractivity contribution is 9.10. The molecule has 0 spiro atoms. The summed E-state index contributed by atoms with van der Waals surface area (Å²) >= 11 is 3.59. The van der Waals surface area contributed by atoms with Gasteiger partial charge in [0.2, 0.25) is 0 Å². The van der Waals surface area contributed by atoms with Crippen LogP contribution in [0, 0.1) is 6.92 Å². The largest absolute Gasteiger partial charge is 0.316 e. The summed E-state index contributed by atoms with van der Waals surface area (Å²) in [6.45, 7) is 4.08. The third-order valence-electron chi connectivity index (χ3n) is 3.45. The number of benzene rings is 1. The zero-order chi connectivity index (χ0) is 13.2. The number of rotatable bonds is 2. The van der Waals surface area contributed by atoms with Gasteiger partial charge in [0, 0.05) is 28.2 Å². The lowest BCUT2D eigenvalue weighted by Gasteiger charge is -2.11. The molecule has 0 amide bonds. The van der Waals surface area contributed by atoms with Crippen molar-refractivity contribution in [1.82, 2.24) is 15.3 Å². The molecular weight excluding hydrogens is 302 g/mol. The van der Waals surface area contributed by atoms with Gasteiger partial charge in [-0.25, -0.2) is 9.97 Å². The Balaban J connectivity index is 2.04. The van der Waals surface area contributed by atoms with Crippen molar-refractivity contribution in [2.75, 3.05) is 13.1 Å². The molecule has 98 valence electrons. The Morgan fingerprint density at radius 2 is 2.11 bits per heavy atom. The van der Waals surface area contributed by atoms with Crippen LogP contribution in [0.4, 0.5) is 0 Å². The molecule has 0 bridgehead atoms. The molecule has 2 heterocycles. The van der Waals surface area contributed by atoms with E-state index in [4.69, 9.17) is 4.98 Å². The summed E-state index contributed by atoms with van der Waals surface area (Å²) in [4.78, 5) is 9.37. The van der Waals surface area contributed by atoms with Crippen LogP contribution in [0.5, 0.6) is 0 Å². The van der Waals surface area contributed by atoms with E-state index in [1.54, 1.807) is 0 Å². The van der Waals surface area contributed by atoms with Crippen LogP contribution in [0.15, 0.2) is 34.8 Å². The average Bonchev–Trinajstić information content (AvgIpc) is 2.92. The van der Waals surface area contributed by atoms with Crippen molar-refractivity contribution in [3.63, 3.8) is 0 Å². The van der Waals surface area contributed by atoms with Crippen LogP contribution in [0.2, 0.25) is 0 Å². The number of halogens is 1. The lowest BCUT2D eigenvalue weighted by molar-refractivity contribution is 0.698. The monoisotopic (exact) mass is 317 g/mol. The minimum absolute atomic E-state index is 0.445. The topological polar surface area (TPSA) is 37.8 Å². The number of aromatic nitrogens is 2. The summed E-state index contributed by atoms with van der Waals surface area (Å²) in [5, 5.41) is 3.37. The Hall–Kier alpha value is -1.26. The van der Waals surface area contributed by atoms with Gasteiger partial charge in [0.05, 0.1) is 5.69 Å². The summed E-state index contributed by atoms with van der Waals surface area (Å²) in [6.07, 6.45) is 1.12. The van der Waals surface area contributed by atoms with Crippen molar-refractivity contribution < 1.29 is 0 Å². The zero-order valence-electron chi connectivity index (χ0n) is 10.9. The summed E-state index contributed by atoms with van der Waals surface area (Å²) < 4.78 is 1.07. The summed E-state index contributed by atoms with van der Waals surface area (Å²) in [5.74, 6) is 1.41. The SMILES string of the molecule is Cc1cc(-c2ccccc2Br)nc(C2CCNC2)n1. The highest BCUT2D eigenvalue weighted by atomic mass is 79.9.